The van der Waals surface area contributed by atoms with Gasteiger partial charge in [-0.3, -0.25) is 4.79 Å². The van der Waals surface area contributed by atoms with Gasteiger partial charge in [-0.15, -0.1) is 0 Å². The highest BCUT2D eigenvalue weighted by Crippen LogP contribution is 2.28. The Morgan fingerprint density at radius 3 is 3.06 bits per heavy atom. The molecular weight excluding hydrogens is 242 g/mol. The molecular formula is C10H15N3O3S. The summed E-state index contributed by atoms with van der Waals surface area (Å²) in [6.07, 6.45) is 1.17. The molecule has 1 N–H and O–H groups in total. The lowest BCUT2D eigenvalue weighted by Gasteiger charge is -1.99. The number of rotatable bonds is 4. The third-order valence-corrected chi connectivity index (χ3v) is 3.63. The Bertz CT molecular complexity index is 421. The van der Waals surface area contributed by atoms with Gasteiger partial charge in [0.25, 0.3) is 0 Å². The largest absolute Gasteiger partial charge is 0.481 e. The number of ether oxygens (including phenoxy) is 1. The maximum Gasteiger partial charge on any atom is 0.313 e. The van der Waals surface area contributed by atoms with Crippen LogP contribution < -0.4 is 0 Å². The molecule has 1 aromatic heterocycles. The number of hydrogen-bond donors (Lipinski definition) is 1. The van der Waals surface area contributed by atoms with Gasteiger partial charge < -0.3 is 9.84 Å². The molecule has 2 heterocycles. The van der Waals surface area contributed by atoms with Crippen LogP contribution in [0.15, 0.2) is 5.16 Å². The summed E-state index contributed by atoms with van der Waals surface area (Å²) in [6.45, 7) is 2.68. The fourth-order valence-corrected chi connectivity index (χ4v) is 2.45. The third-order valence-electron chi connectivity index (χ3n) is 2.63. The van der Waals surface area contributed by atoms with E-state index >= 15 is 0 Å². The highest BCUT2D eigenvalue weighted by molar-refractivity contribution is 7.99. The van der Waals surface area contributed by atoms with Gasteiger partial charge in [0.15, 0.2) is 11.0 Å². The zero-order valence-corrected chi connectivity index (χ0v) is 10.6. The van der Waals surface area contributed by atoms with E-state index in [9.17, 15) is 4.79 Å². The van der Waals surface area contributed by atoms with Crippen molar-refractivity contribution in [2.45, 2.75) is 30.5 Å². The Hall–Kier alpha value is -1.08. The Balaban J connectivity index is 2.05. The second kappa shape index (κ2) is 5.05. The van der Waals surface area contributed by atoms with Crippen molar-refractivity contribution >= 4 is 17.7 Å². The van der Waals surface area contributed by atoms with Gasteiger partial charge in [-0.2, -0.15) is 5.10 Å². The molecule has 94 valence electrons. The first-order chi connectivity index (χ1) is 8.06. The van der Waals surface area contributed by atoms with Crippen LogP contribution in [0.5, 0.6) is 0 Å². The molecule has 6 nitrogen and oxygen atoms in total. The number of carboxylic acids is 1. The van der Waals surface area contributed by atoms with E-state index in [2.05, 4.69) is 10.1 Å². The second-order valence-corrected chi connectivity index (χ2v) is 5.08. The van der Waals surface area contributed by atoms with Gasteiger partial charge in [-0.1, -0.05) is 11.8 Å². The highest BCUT2D eigenvalue weighted by atomic mass is 32.2. The number of carboxylic acid groups (broad SMARTS) is 1. The highest BCUT2D eigenvalue weighted by Gasteiger charge is 2.27. The van der Waals surface area contributed by atoms with Gasteiger partial charge >= 0.3 is 5.97 Å². The number of aliphatic carboxylic acids is 1. The lowest BCUT2D eigenvalue weighted by molar-refractivity contribution is -0.133. The topological polar surface area (TPSA) is 77.2 Å². The maximum absolute atomic E-state index is 10.5. The number of aromatic nitrogens is 3. The average Bonchev–Trinajstić information content (AvgIpc) is 2.82. The number of thioether (sulfide) groups is 1. The molecule has 0 bridgehead atoms. The Kier molecular flexibility index (Phi) is 3.68. The molecule has 1 fully saturated rings. The molecule has 0 radical (unpaired) electrons. The van der Waals surface area contributed by atoms with Crippen LogP contribution in [-0.2, 0) is 16.6 Å². The van der Waals surface area contributed by atoms with Crippen molar-refractivity contribution in [1.82, 2.24) is 14.8 Å². The molecule has 0 saturated carbocycles. The molecule has 17 heavy (non-hydrogen) atoms. The summed E-state index contributed by atoms with van der Waals surface area (Å²) in [5.41, 5.74) is 0. The van der Waals surface area contributed by atoms with Crippen molar-refractivity contribution in [2.24, 2.45) is 7.05 Å². The molecule has 7 heteroatoms. The van der Waals surface area contributed by atoms with Gasteiger partial charge in [0.05, 0.1) is 18.5 Å². The second-order valence-electron chi connectivity index (χ2n) is 4.14. The summed E-state index contributed by atoms with van der Waals surface area (Å²) < 4.78 is 7.11. The number of nitrogens with zero attached hydrogens (tertiary/aromatic N) is 3. The monoisotopic (exact) mass is 257 g/mol. The summed E-state index contributed by atoms with van der Waals surface area (Å²) in [5.74, 6) is 0.140. The van der Waals surface area contributed by atoms with E-state index in [0.29, 0.717) is 11.8 Å². The first kappa shape index (κ1) is 12.4. The molecule has 1 aliphatic rings. The molecule has 1 aliphatic heterocycles. The molecule has 0 amide bonds. The third kappa shape index (κ3) is 2.98. The van der Waals surface area contributed by atoms with Gasteiger partial charge in [0, 0.05) is 13.0 Å². The van der Waals surface area contributed by atoms with Crippen LogP contribution in [0, 0.1) is 0 Å². The molecule has 2 unspecified atom stereocenters. The Morgan fingerprint density at radius 2 is 2.47 bits per heavy atom. The van der Waals surface area contributed by atoms with Crippen LogP contribution in [0.2, 0.25) is 0 Å². The van der Waals surface area contributed by atoms with Crippen LogP contribution in [0.4, 0.5) is 0 Å². The quantitative estimate of drug-likeness (QED) is 0.807. The van der Waals surface area contributed by atoms with E-state index in [1.807, 2.05) is 6.92 Å². The summed E-state index contributed by atoms with van der Waals surface area (Å²) in [6, 6.07) is 0. The molecule has 2 rings (SSSR count). The average molecular weight is 257 g/mol. The minimum Gasteiger partial charge on any atom is -0.481 e. The Labute approximate surface area is 103 Å². The van der Waals surface area contributed by atoms with E-state index in [4.69, 9.17) is 9.84 Å². The molecule has 2 atom stereocenters. The molecule has 0 aliphatic carbocycles. The summed E-state index contributed by atoms with van der Waals surface area (Å²) >= 11 is 1.18. The van der Waals surface area contributed by atoms with Gasteiger partial charge in [0.1, 0.15) is 0 Å². The lowest BCUT2D eigenvalue weighted by atomic mass is 10.1. The van der Waals surface area contributed by atoms with E-state index in [0.717, 1.165) is 12.2 Å². The van der Waals surface area contributed by atoms with Crippen molar-refractivity contribution in [1.29, 1.82) is 0 Å². The zero-order chi connectivity index (χ0) is 12.4. The number of hydrogen-bond acceptors (Lipinski definition) is 5. The van der Waals surface area contributed by atoms with Crippen LogP contribution in [-0.4, -0.2) is 44.3 Å². The number of carbonyl (C=O) groups is 1. The first-order valence-corrected chi connectivity index (χ1v) is 6.42. The van der Waals surface area contributed by atoms with E-state index < -0.39 is 5.97 Å². The van der Waals surface area contributed by atoms with Gasteiger partial charge in [-0.25, -0.2) is 9.67 Å². The predicted molar refractivity (Wildman–Crippen MR) is 62.1 cm³/mol. The summed E-state index contributed by atoms with van der Waals surface area (Å²) in [5, 5.41) is 13.6. The van der Waals surface area contributed by atoms with E-state index in [1.54, 1.807) is 11.7 Å². The van der Waals surface area contributed by atoms with Crippen molar-refractivity contribution in [3.63, 3.8) is 0 Å². The zero-order valence-electron chi connectivity index (χ0n) is 9.79. The van der Waals surface area contributed by atoms with Gasteiger partial charge in [-0.05, 0) is 13.3 Å². The van der Waals surface area contributed by atoms with Crippen molar-refractivity contribution in [3.8, 4) is 0 Å². The van der Waals surface area contributed by atoms with Crippen LogP contribution in [0.3, 0.4) is 0 Å². The predicted octanol–water partition coefficient (Wildman–Crippen LogP) is 0.884. The van der Waals surface area contributed by atoms with Crippen LogP contribution in [0.25, 0.3) is 0 Å². The van der Waals surface area contributed by atoms with Crippen LogP contribution in [0.1, 0.15) is 25.1 Å². The SMILES string of the molecule is CC1CC(c2nc(SCC(=O)O)n(C)n2)CO1. The molecule has 0 aromatic carbocycles. The van der Waals surface area contributed by atoms with Crippen LogP contribution >= 0.6 is 11.8 Å². The lowest BCUT2D eigenvalue weighted by Crippen LogP contribution is -2.01. The summed E-state index contributed by atoms with van der Waals surface area (Å²) in [4.78, 5) is 14.9. The normalized spacial score (nSPS) is 24.1. The van der Waals surface area contributed by atoms with E-state index in [-0.39, 0.29) is 17.8 Å². The Morgan fingerprint density at radius 1 is 1.71 bits per heavy atom. The molecule has 1 saturated heterocycles. The minimum absolute atomic E-state index is 0.00351. The van der Waals surface area contributed by atoms with Crippen molar-refractivity contribution in [2.75, 3.05) is 12.4 Å². The van der Waals surface area contributed by atoms with E-state index in [1.165, 1.54) is 11.8 Å². The van der Waals surface area contributed by atoms with Gasteiger partial charge in [0.2, 0.25) is 0 Å². The standard InChI is InChI=1S/C10H15N3O3S/c1-6-3-7(4-16-6)9-11-10(13(2)12-9)17-5-8(14)15/h6-7H,3-5H2,1-2H3,(H,14,15). The fourth-order valence-electron chi connectivity index (χ4n) is 1.81. The van der Waals surface area contributed by atoms with Crippen molar-refractivity contribution < 1.29 is 14.6 Å². The fraction of sp³-hybridized carbons (Fsp3) is 0.700. The minimum atomic E-state index is -0.850. The summed E-state index contributed by atoms with van der Waals surface area (Å²) in [7, 11) is 1.78. The molecule has 0 spiro atoms. The first-order valence-electron chi connectivity index (χ1n) is 5.43. The molecule has 1 aromatic rings. The van der Waals surface area contributed by atoms with Crippen molar-refractivity contribution in [3.05, 3.63) is 5.82 Å². The maximum atomic E-state index is 10.5. The smallest absolute Gasteiger partial charge is 0.313 e. The number of aryl methyl sites for hydroxylation is 1.